The lowest BCUT2D eigenvalue weighted by Gasteiger charge is -2.22. The summed E-state index contributed by atoms with van der Waals surface area (Å²) in [5, 5.41) is 15.2. The fourth-order valence-electron chi connectivity index (χ4n) is 4.92. The zero-order valence-corrected chi connectivity index (χ0v) is 21.9. The zero-order chi connectivity index (χ0) is 26.9. The first kappa shape index (κ1) is 27.3. The highest BCUT2D eigenvalue weighted by Gasteiger charge is 2.38. The van der Waals surface area contributed by atoms with E-state index in [1.807, 2.05) is 6.92 Å². The van der Waals surface area contributed by atoms with Crippen molar-refractivity contribution in [2.24, 2.45) is 0 Å². The van der Waals surface area contributed by atoms with Crippen LogP contribution in [0.1, 0.15) is 78.2 Å². The highest BCUT2D eigenvalue weighted by Crippen LogP contribution is 2.36. The summed E-state index contributed by atoms with van der Waals surface area (Å²) in [6.07, 6.45) is -0.0863. The summed E-state index contributed by atoms with van der Waals surface area (Å²) >= 11 is 1.06. The van der Waals surface area contributed by atoms with Crippen molar-refractivity contribution in [2.75, 3.05) is 11.9 Å². The van der Waals surface area contributed by atoms with E-state index in [2.05, 4.69) is 20.6 Å². The molecule has 0 unspecified atom stereocenters. The number of carbonyl (C=O) groups excluding carboxylic acids is 2. The Morgan fingerprint density at radius 1 is 1.30 bits per heavy atom. The van der Waals surface area contributed by atoms with Gasteiger partial charge in [0.1, 0.15) is 17.6 Å². The van der Waals surface area contributed by atoms with Crippen molar-refractivity contribution in [1.82, 2.24) is 20.2 Å². The van der Waals surface area contributed by atoms with Crippen LogP contribution in [0, 0.1) is 6.92 Å². The Bertz CT molecular complexity index is 1160. The van der Waals surface area contributed by atoms with Crippen molar-refractivity contribution in [3.8, 4) is 10.4 Å². The van der Waals surface area contributed by atoms with Crippen LogP contribution in [0.25, 0.3) is 10.4 Å². The molecule has 1 aliphatic heterocycles. The Labute approximate surface area is 217 Å². The molecule has 12 heteroatoms. The van der Waals surface area contributed by atoms with Gasteiger partial charge >= 0.3 is 6.18 Å². The van der Waals surface area contributed by atoms with Gasteiger partial charge in [0, 0.05) is 30.4 Å². The number of rotatable bonds is 7. The minimum absolute atomic E-state index is 0.0402. The number of aliphatic hydroxyl groups excluding tert-OH is 1. The summed E-state index contributed by atoms with van der Waals surface area (Å²) in [6.45, 7) is 5.73. The molecule has 2 amide bonds. The molecule has 202 valence electrons. The van der Waals surface area contributed by atoms with Crippen molar-refractivity contribution in [1.29, 1.82) is 0 Å². The van der Waals surface area contributed by atoms with Gasteiger partial charge in [-0.1, -0.05) is 6.92 Å². The molecule has 2 aliphatic rings. The van der Waals surface area contributed by atoms with Gasteiger partial charge in [-0.25, -0.2) is 9.97 Å². The molecule has 0 spiro atoms. The van der Waals surface area contributed by atoms with E-state index >= 15 is 0 Å². The number of nitrogens with one attached hydrogen (secondary N) is 2. The van der Waals surface area contributed by atoms with E-state index in [1.165, 1.54) is 19.2 Å². The summed E-state index contributed by atoms with van der Waals surface area (Å²) in [7, 11) is 0. The maximum atomic E-state index is 13.5. The van der Waals surface area contributed by atoms with Gasteiger partial charge in [-0.05, 0) is 64.0 Å². The number of amides is 2. The van der Waals surface area contributed by atoms with Crippen LogP contribution >= 0.6 is 11.3 Å². The minimum Gasteiger partial charge on any atom is -0.393 e. The second-order valence-corrected chi connectivity index (χ2v) is 10.9. The fourth-order valence-corrected chi connectivity index (χ4v) is 5.95. The average Bonchev–Trinajstić information content (AvgIpc) is 3.56. The number of nitrogens with zero attached hydrogens (tertiary/aromatic N) is 3. The van der Waals surface area contributed by atoms with Crippen LogP contribution in [0.15, 0.2) is 12.3 Å². The molecule has 8 nitrogen and oxygen atoms in total. The first-order valence-electron chi connectivity index (χ1n) is 12.6. The molecule has 4 rings (SSSR count). The van der Waals surface area contributed by atoms with Gasteiger partial charge in [-0.2, -0.15) is 13.2 Å². The topological polar surface area (TPSA) is 107 Å². The number of halogens is 3. The van der Waals surface area contributed by atoms with Crippen LogP contribution in [-0.4, -0.2) is 68.7 Å². The molecule has 1 saturated heterocycles. The number of pyridine rings is 1. The Kier molecular flexibility index (Phi) is 8.08. The van der Waals surface area contributed by atoms with Crippen LogP contribution in [0.4, 0.5) is 19.0 Å². The Morgan fingerprint density at radius 2 is 2.05 bits per heavy atom. The smallest absolute Gasteiger partial charge is 0.393 e. The monoisotopic (exact) mass is 539 g/mol. The van der Waals surface area contributed by atoms with Crippen molar-refractivity contribution in [3.05, 3.63) is 28.5 Å². The van der Waals surface area contributed by atoms with Gasteiger partial charge in [0.25, 0.3) is 11.8 Å². The predicted molar refractivity (Wildman–Crippen MR) is 135 cm³/mol. The maximum Gasteiger partial charge on any atom is 0.408 e. The molecule has 0 bridgehead atoms. The number of aromatic nitrogens is 2. The molecule has 2 aromatic heterocycles. The van der Waals surface area contributed by atoms with Crippen LogP contribution < -0.4 is 10.6 Å². The largest absolute Gasteiger partial charge is 0.408 e. The molecule has 0 aromatic carbocycles. The second-order valence-electron chi connectivity index (χ2n) is 9.86. The lowest BCUT2D eigenvalue weighted by Crippen LogP contribution is -2.35. The molecule has 4 atom stereocenters. The van der Waals surface area contributed by atoms with E-state index in [4.69, 9.17) is 0 Å². The number of hydrogen-bond acceptors (Lipinski definition) is 7. The highest BCUT2D eigenvalue weighted by atomic mass is 32.1. The molecular formula is C25H32F3N5O3S. The molecule has 37 heavy (non-hydrogen) atoms. The van der Waals surface area contributed by atoms with Gasteiger partial charge in [0.05, 0.1) is 11.0 Å². The third-order valence-corrected chi connectivity index (χ3v) is 8.15. The Balaban J connectivity index is 1.66. The van der Waals surface area contributed by atoms with Crippen molar-refractivity contribution in [3.63, 3.8) is 0 Å². The van der Waals surface area contributed by atoms with Crippen LogP contribution in [0.3, 0.4) is 0 Å². The first-order valence-corrected chi connectivity index (χ1v) is 13.4. The molecule has 0 radical (unpaired) electrons. The first-order chi connectivity index (χ1) is 17.5. The average molecular weight is 540 g/mol. The van der Waals surface area contributed by atoms with Crippen LogP contribution in [0.2, 0.25) is 0 Å². The standard InChI is InChI=1S/C25H32F3N5O3S/c1-4-18(25(26,27)28)31-19-10-13(2)17(12-29-19)21-20(24(36)33-9-5-6-14(33)3)32-23(37-21)22(35)30-15-7-8-16(34)11-15/h10,12,14-16,18,34H,4-9,11H2,1-3H3,(H,29,31)(H,30,35)/t14-,15+,16+,18-/m0/s1. The zero-order valence-electron chi connectivity index (χ0n) is 21.1. The number of alkyl halides is 3. The third-order valence-electron chi connectivity index (χ3n) is 7.06. The number of anilines is 1. The number of thiazole rings is 1. The molecule has 3 N–H and O–H groups in total. The number of hydrogen-bond donors (Lipinski definition) is 3. The van der Waals surface area contributed by atoms with Gasteiger partial charge in [-0.15, -0.1) is 11.3 Å². The number of likely N-dealkylation sites (tertiary alicyclic amines) is 1. The number of aryl methyl sites for hydroxylation is 1. The van der Waals surface area contributed by atoms with Gasteiger partial charge in [0.15, 0.2) is 5.01 Å². The molecule has 1 aliphatic carbocycles. The van der Waals surface area contributed by atoms with E-state index in [0.29, 0.717) is 41.8 Å². The Hall–Kier alpha value is -2.73. The SMILES string of the molecule is CC[C@H](Nc1cc(C)c(-c2sc(C(=O)N[C@@H]3CC[C@@H](O)C3)nc2C(=O)N2CCC[C@@H]2C)cn1)C(F)(F)F. The summed E-state index contributed by atoms with van der Waals surface area (Å²) < 4.78 is 39.7. The highest BCUT2D eigenvalue weighted by molar-refractivity contribution is 7.17. The molecule has 2 aromatic rings. The normalized spacial score (nSPS) is 22.8. The summed E-state index contributed by atoms with van der Waals surface area (Å²) in [5.41, 5.74) is 1.28. The van der Waals surface area contributed by atoms with Gasteiger partial charge < -0.3 is 20.6 Å². The summed E-state index contributed by atoms with van der Waals surface area (Å²) in [6, 6.07) is -0.345. The Morgan fingerprint density at radius 3 is 2.62 bits per heavy atom. The minimum atomic E-state index is -4.41. The fraction of sp³-hybridized carbons (Fsp3) is 0.600. The summed E-state index contributed by atoms with van der Waals surface area (Å²) in [4.78, 5) is 37.3. The second kappa shape index (κ2) is 10.9. The van der Waals surface area contributed by atoms with Gasteiger partial charge in [-0.3, -0.25) is 9.59 Å². The number of carbonyl (C=O) groups is 2. The van der Waals surface area contributed by atoms with Gasteiger partial charge in [0.2, 0.25) is 0 Å². The van der Waals surface area contributed by atoms with E-state index in [9.17, 15) is 27.9 Å². The van der Waals surface area contributed by atoms with Crippen molar-refractivity contribution in [2.45, 2.75) is 89.7 Å². The lowest BCUT2D eigenvalue weighted by atomic mass is 10.1. The predicted octanol–water partition coefficient (Wildman–Crippen LogP) is 4.53. The van der Waals surface area contributed by atoms with Crippen molar-refractivity contribution >= 4 is 29.0 Å². The quantitative estimate of drug-likeness (QED) is 0.477. The van der Waals surface area contributed by atoms with E-state index in [1.54, 1.807) is 11.8 Å². The molecule has 2 fully saturated rings. The number of aliphatic hydroxyl groups is 1. The summed E-state index contributed by atoms with van der Waals surface area (Å²) in [5.74, 6) is -0.621. The van der Waals surface area contributed by atoms with E-state index < -0.39 is 24.2 Å². The van der Waals surface area contributed by atoms with Crippen LogP contribution in [0.5, 0.6) is 0 Å². The molecule has 3 heterocycles. The van der Waals surface area contributed by atoms with E-state index in [0.717, 1.165) is 24.2 Å². The van der Waals surface area contributed by atoms with Crippen LogP contribution in [-0.2, 0) is 0 Å². The maximum absolute atomic E-state index is 13.5. The molecule has 1 saturated carbocycles. The van der Waals surface area contributed by atoms with Crippen molar-refractivity contribution < 1.29 is 27.9 Å². The van der Waals surface area contributed by atoms with E-state index in [-0.39, 0.29) is 40.9 Å². The lowest BCUT2D eigenvalue weighted by molar-refractivity contribution is -0.142. The third kappa shape index (κ3) is 6.06. The molecular weight excluding hydrogens is 507 g/mol.